The van der Waals surface area contributed by atoms with Crippen molar-refractivity contribution in [2.45, 2.75) is 38.4 Å². The molecule has 3 aromatic carbocycles. The predicted molar refractivity (Wildman–Crippen MR) is 141 cm³/mol. The maximum Gasteiger partial charge on any atom is 0.246 e. The van der Waals surface area contributed by atoms with Gasteiger partial charge in [0.05, 0.1) is 0 Å². The van der Waals surface area contributed by atoms with Crippen molar-refractivity contribution in [1.82, 2.24) is 15.1 Å². The maximum absolute atomic E-state index is 13.5. The smallest absolute Gasteiger partial charge is 0.246 e. The third kappa shape index (κ3) is 4.09. The van der Waals surface area contributed by atoms with Crippen molar-refractivity contribution < 1.29 is 18.8 Å². The number of para-hydroxylation sites is 1. The van der Waals surface area contributed by atoms with Gasteiger partial charge in [-0.15, -0.1) is 0 Å². The number of piperazine rings is 2. The van der Waals surface area contributed by atoms with Crippen LogP contribution in [0, 0.1) is 0 Å². The zero-order chi connectivity index (χ0) is 25.5. The summed E-state index contributed by atoms with van der Waals surface area (Å²) in [6.45, 7) is 4.40. The molecule has 7 heteroatoms. The van der Waals surface area contributed by atoms with Gasteiger partial charge in [-0.05, 0) is 22.4 Å². The van der Waals surface area contributed by atoms with Crippen LogP contribution >= 0.6 is 0 Å². The van der Waals surface area contributed by atoms with Gasteiger partial charge in [-0.1, -0.05) is 61.5 Å². The van der Waals surface area contributed by atoms with E-state index in [1.807, 2.05) is 54.6 Å². The fraction of sp³-hybridized carbons (Fsp3) is 0.300. The van der Waals surface area contributed by atoms with E-state index in [-0.39, 0.29) is 18.2 Å². The van der Waals surface area contributed by atoms with Gasteiger partial charge in [0.1, 0.15) is 23.4 Å². The fourth-order valence-corrected chi connectivity index (χ4v) is 5.85. The molecule has 0 aliphatic carbocycles. The van der Waals surface area contributed by atoms with Gasteiger partial charge in [0.15, 0.2) is 6.29 Å². The topological polar surface area (TPSA) is 82.9 Å². The Bertz CT molecular complexity index is 1520. The van der Waals surface area contributed by atoms with E-state index in [1.54, 1.807) is 4.90 Å². The summed E-state index contributed by atoms with van der Waals surface area (Å²) >= 11 is 0. The minimum atomic E-state index is -0.681. The largest absolute Gasteiger partial charge is 0.461 e. The van der Waals surface area contributed by atoms with Crippen molar-refractivity contribution in [3.63, 3.8) is 0 Å². The first-order chi connectivity index (χ1) is 18.1. The van der Waals surface area contributed by atoms with Gasteiger partial charge < -0.3 is 14.6 Å². The van der Waals surface area contributed by atoms with E-state index in [1.165, 1.54) is 0 Å². The Balaban J connectivity index is 1.19. The summed E-state index contributed by atoms with van der Waals surface area (Å²) < 4.78 is 6.06. The van der Waals surface area contributed by atoms with Crippen LogP contribution in [-0.2, 0) is 29.0 Å². The number of aryl methyl sites for hydroxylation is 1. The van der Waals surface area contributed by atoms with Crippen molar-refractivity contribution >= 4 is 39.8 Å². The number of nitrogens with one attached hydrogen (secondary N) is 1. The van der Waals surface area contributed by atoms with E-state index < -0.39 is 12.1 Å². The molecule has 0 bridgehead atoms. The second-order valence-corrected chi connectivity index (χ2v) is 9.88. The lowest BCUT2D eigenvalue weighted by molar-refractivity contribution is -0.153. The Hall–Kier alpha value is -3.97. The number of fused-ring (bicyclic) bond motifs is 3. The van der Waals surface area contributed by atoms with Crippen LogP contribution < -0.4 is 5.32 Å². The summed E-state index contributed by atoms with van der Waals surface area (Å²) in [6.07, 6.45) is 1.93. The van der Waals surface area contributed by atoms with Crippen LogP contribution in [0.25, 0.3) is 21.7 Å². The first kappa shape index (κ1) is 23.4. The van der Waals surface area contributed by atoms with Gasteiger partial charge in [-0.25, -0.2) is 0 Å². The van der Waals surface area contributed by atoms with E-state index in [2.05, 4.69) is 23.2 Å². The number of rotatable bonds is 6. The van der Waals surface area contributed by atoms with E-state index in [9.17, 15) is 14.4 Å². The van der Waals surface area contributed by atoms with E-state index in [0.29, 0.717) is 31.7 Å². The van der Waals surface area contributed by atoms with Gasteiger partial charge in [0.25, 0.3) is 0 Å². The number of furan rings is 1. The Morgan fingerprint density at radius 3 is 2.59 bits per heavy atom. The maximum atomic E-state index is 13.5. The molecule has 2 amide bonds. The highest BCUT2D eigenvalue weighted by molar-refractivity contribution is 6.01. The number of carbonyl (C=O) groups is 3. The first-order valence-corrected chi connectivity index (χ1v) is 12.9. The van der Waals surface area contributed by atoms with E-state index >= 15 is 0 Å². The molecule has 4 aromatic rings. The van der Waals surface area contributed by atoms with Crippen molar-refractivity contribution in [2.24, 2.45) is 0 Å². The normalized spacial score (nSPS) is 20.3. The van der Waals surface area contributed by atoms with Crippen LogP contribution in [0.1, 0.15) is 34.2 Å². The number of benzene rings is 3. The summed E-state index contributed by atoms with van der Waals surface area (Å²) in [5, 5.41) is 5.89. The van der Waals surface area contributed by atoms with E-state index in [0.717, 1.165) is 51.3 Å². The molecule has 2 fully saturated rings. The Morgan fingerprint density at radius 1 is 1.00 bits per heavy atom. The van der Waals surface area contributed by atoms with Crippen LogP contribution in [0.15, 0.2) is 65.1 Å². The molecule has 1 aromatic heterocycles. The summed E-state index contributed by atoms with van der Waals surface area (Å²) in [6, 6.07) is 18.4. The SMILES string of the molecule is CCc1oc2ccccc2c1CN1CCN2C(=O)C(Cc3ccc4ccccc4c3C=O)NC(=O)C2C1. The first-order valence-electron chi connectivity index (χ1n) is 12.9. The number of aldehydes is 1. The average Bonchev–Trinajstić information content (AvgIpc) is 3.28. The summed E-state index contributed by atoms with van der Waals surface area (Å²) in [7, 11) is 0. The average molecular weight is 496 g/mol. The Labute approximate surface area is 215 Å². The minimum Gasteiger partial charge on any atom is -0.461 e. The third-order valence-corrected chi connectivity index (χ3v) is 7.75. The van der Waals surface area contributed by atoms with Gasteiger partial charge in [-0.2, -0.15) is 0 Å². The molecule has 0 spiro atoms. The molecular formula is C30H29N3O4. The van der Waals surface area contributed by atoms with Crippen molar-refractivity contribution in [3.8, 4) is 0 Å². The Morgan fingerprint density at radius 2 is 1.78 bits per heavy atom. The Kier molecular flexibility index (Phi) is 6.00. The molecule has 7 nitrogen and oxygen atoms in total. The molecule has 37 heavy (non-hydrogen) atoms. The highest BCUT2D eigenvalue weighted by Crippen LogP contribution is 2.29. The molecular weight excluding hydrogens is 466 g/mol. The summed E-state index contributed by atoms with van der Waals surface area (Å²) in [5.74, 6) is 0.738. The summed E-state index contributed by atoms with van der Waals surface area (Å²) in [5.41, 5.74) is 3.38. The van der Waals surface area contributed by atoms with Gasteiger partial charge in [0, 0.05) is 55.5 Å². The van der Waals surface area contributed by atoms with Gasteiger partial charge in [0.2, 0.25) is 11.8 Å². The molecule has 3 heterocycles. The second kappa shape index (κ2) is 9.48. The molecule has 2 aliphatic rings. The van der Waals surface area contributed by atoms with Crippen LogP contribution in [0.2, 0.25) is 0 Å². The second-order valence-electron chi connectivity index (χ2n) is 9.88. The van der Waals surface area contributed by atoms with Crippen LogP contribution in [0.5, 0.6) is 0 Å². The van der Waals surface area contributed by atoms with E-state index in [4.69, 9.17) is 4.42 Å². The van der Waals surface area contributed by atoms with Crippen molar-refractivity contribution in [2.75, 3.05) is 19.6 Å². The standard InChI is InChI=1S/C30H29N3O4/c1-2-27-23(22-9-5-6-10-28(22)37-27)16-32-13-14-33-26(17-32)29(35)31-25(30(33)36)15-20-12-11-19-7-3-4-8-21(19)24(20)18-34/h3-12,18,25-26H,2,13-17H2,1H3,(H,31,35). The number of hydrogen-bond donors (Lipinski definition) is 1. The number of carbonyl (C=O) groups excluding carboxylic acids is 3. The van der Waals surface area contributed by atoms with Gasteiger partial charge in [-0.3, -0.25) is 19.3 Å². The minimum absolute atomic E-state index is 0.0859. The lowest BCUT2D eigenvalue weighted by atomic mass is 9.93. The highest BCUT2D eigenvalue weighted by Gasteiger charge is 2.43. The number of nitrogens with zero attached hydrogens (tertiary/aromatic N) is 2. The highest BCUT2D eigenvalue weighted by atomic mass is 16.3. The molecule has 1 N–H and O–H groups in total. The summed E-state index contributed by atoms with van der Waals surface area (Å²) in [4.78, 5) is 42.6. The zero-order valence-corrected chi connectivity index (χ0v) is 20.8. The quantitative estimate of drug-likeness (QED) is 0.413. The molecule has 2 saturated heterocycles. The van der Waals surface area contributed by atoms with Gasteiger partial charge >= 0.3 is 0 Å². The molecule has 0 saturated carbocycles. The lowest BCUT2D eigenvalue weighted by Crippen LogP contribution is -2.69. The van der Waals surface area contributed by atoms with Crippen LogP contribution in [0.4, 0.5) is 0 Å². The van der Waals surface area contributed by atoms with Crippen LogP contribution in [0.3, 0.4) is 0 Å². The number of hydrogen-bond acceptors (Lipinski definition) is 5. The monoisotopic (exact) mass is 495 g/mol. The molecule has 0 radical (unpaired) electrons. The molecule has 6 rings (SSSR count). The molecule has 188 valence electrons. The third-order valence-electron chi connectivity index (χ3n) is 7.75. The van der Waals surface area contributed by atoms with Crippen LogP contribution in [-0.4, -0.2) is 59.6 Å². The predicted octanol–water partition coefficient (Wildman–Crippen LogP) is 3.71. The van der Waals surface area contributed by atoms with Crippen molar-refractivity contribution in [3.05, 3.63) is 83.1 Å². The lowest BCUT2D eigenvalue weighted by Gasteiger charge is -2.45. The van der Waals surface area contributed by atoms with Crippen molar-refractivity contribution in [1.29, 1.82) is 0 Å². The molecule has 2 atom stereocenters. The number of amides is 2. The zero-order valence-electron chi connectivity index (χ0n) is 20.8. The molecule has 2 aliphatic heterocycles. The fourth-order valence-electron chi connectivity index (χ4n) is 5.85. The molecule has 2 unspecified atom stereocenters.